The van der Waals surface area contributed by atoms with Gasteiger partial charge in [-0.15, -0.1) is 0 Å². The largest absolute Gasteiger partial charge is 0.376 e. The molecule has 0 bridgehead atoms. The fourth-order valence-corrected chi connectivity index (χ4v) is 2.59. The van der Waals surface area contributed by atoms with Crippen molar-refractivity contribution in [2.75, 3.05) is 13.7 Å². The number of carbonyl (C=O) groups excluding carboxylic acids is 1. The van der Waals surface area contributed by atoms with Crippen molar-refractivity contribution >= 4 is 21.8 Å². The zero-order valence-electron chi connectivity index (χ0n) is 10.1. The van der Waals surface area contributed by atoms with Crippen molar-refractivity contribution in [1.29, 1.82) is 0 Å². The Hall–Kier alpha value is -0.940. The Bertz CT molecular complexity index is 435. The number of rotatable bonds is 4. The number of carbonyl (C=O) groups is 1. The first-order valence-corrected chi connectivity index (χ1v) is 6.65. The maximum absolute atomic E-state index is 13.6. The maximum Gasteiger partial charge on any atom is 0.255 e. The second-order valence-electron chi connectivity index (χ2n) is 4.52. The number of nitrogens with one attached hydrogen (secondary N) is 1. The molecule has 1 N–H and O–H groups in total. The second-order valence-corrected chi connectivity index (χ2v) is 5.37. The van der Waals surface area contributed by atoms with Gasteiger partial charge in [-0.25, -0.2) is 4.39 Å². The van der Waals surface area contributed by atoms with Gasteiger partial charge in [-0.1, -0.05) is 6.07 Å². The molecule has 1 saturated carbocycles. The number of methoxy groups -OCH3 is 1. The Morgan fingerprint density at radius 2 is 2.28 bits per heavy atom. The molecule has 1 aliphatic rings. The first kappa shape index (κ1) is 13.5. The Morgan fingerprint density at radius 3 is 2.78 bits per heavy atom. The summed E-state index contributed by atoms with van der Waals surface area (Å²) in [6.07, 6.45) is 2.97. The summed E-state index contributed by atoms with van der Waals surface area (Å²) in [5.41, 5.74) is -0.212. The van der Waals surface area contributed by atoms with Crippen LogP contribution < -0.4 is 5.32 Å². The smallest absolute Gasteiger partial charge is 0.255 e. The summed E-state index contributed by atoms with van der Waals surface area (Å²) >= 11 is 3.18. The monoisotopic (exact) mass is 315 g/mol. The summed E-state index contributed by atoms with van der Waals surface area (Å²) in [5.74, 6) is -0.940. The number of amides is 1. The van der Waals surface area contributed by atoms with Crippen LogP contribution in [0.5, 0.6) is 0 Å². The molecule has 0 radical (unpaired) electrons. The average Bonchev–Trinajstić information content (AvgIpc) is 2.28. The Kier molecular flexibility index (Phi) is 4.02. The Labute approximate surface area is 114 Å². The van der Waals surface area contributed by atoms with Crippen LogP contribution in [0.2, 0.25) is 0 Å². The molecule has 1 aromatic carbocycles. The van der Waals surface area contributed by atoms with Crippen LogP contribution >= 0.6 is 15.9 Å². The molecule has 1 amide bonds. The van der Waals surface area contributed by atoms with Gasteiger partial charge in [0, 0.05) is 18.1 Å². The highest BCUT2D eigenvalue weighted by molar-refractivity contribution is 9.10. The van der Waals surface area contributed by atoms with E-state index in [2.05, 4.69) is 21.2 Å². The van der Waals surface area contributed by atoms with Crippen LogP contribution in [0.3, 0.4) is 0 Å². The molecule has 0 saturated heterocycles. The van der Waals surface area contributed by atoms with E-state index in [1.54, 1.807) is 19.2 Å². The highest BCUT2D eigenvalue weighted by Crippen LogP contribution is 2.34. The molecular formula is C13H15BrFNO2. The normalized spacial score (nSPS) is 17.1. The molecule has 5 heteroatoms. The van der Waals surface area contributed by atoms with Gasteiger partial charge in [0.1, 0.15) is 5.82 Å². The fraction of sp³-hybridized carbons (Fsp3) is 0.462. The van der Waals surface area contributed by atoms with E-state index in [0.717, 1.165) is 19.3 Å². The highest BCUT2D eigenvalue weighted by Gasteiger charge is 2.37. The van der Waals surface area contributed by atoms with Crippen molar-refractivity contribution < 1.29 is 13.9 Å². The number of benzene rings is 1. The summed E-state index contributed by atoms with van der Waals surface area (Å²) in [6.45, 7) is 0.420. The lowest BCUT2D eigenvalue weighted by molar-refractivity contribution is -0.0679. The van der Waals surface area contributed by atoms with E-state index >= 15 is 0 Å². The Balaban J connectivity index is 2.04. The summed E-state index contributed by atoms with van der Waals surface area (Å²) < 4.78 is 19.4. The molecule has 1 fully saturated rings. The van der Waals surface area contributed by atoms with Gasteiger partial charge in [-0.05, 0) is 47.3 Å². The van der Waals surface area contributed by atoms with E-state index in [4.69, 9.17) is 4.74 Å². The van der Waals surface area contributed by atoms with E-state index in [9.17, 15) is 9.18 Å². The molecule has 0 spiro atoms. The molecule has 0 heterocycles. The number of hydrogen-bond donors (Lipinski definition) is 1. The number of halogens is 2. The minimum Gasteiger partial charge on any atom is -0.376 e. The summed E-state index contributed by atoms with van der Waals surface area (Å²) in [7, 11) is 1.64. The van der Waals surface area contributed by atoms with Gasteiger partial charge in [0.2, 0.25) is 0 Å². The van der Waals surface area contributed by atoms with Gasteiger partial charge in [-0.2, -0.15) is 0 Å². The lowest BCUT2D eigenvalue weighted by atomic mass is 9.80. The van der Waals surface area contributed by atoms with Crippen LogP contribution in [0.1, 0.15) is 29.6 Å². The summed E-state index contributed by atoms with van der Waals surface area (Å²) in [6, 6.07) is 4.47. The van der Waals surface area contributed by atoms with Gasteiger partial charge >= 0.3 is 0 Å². The van der Waals surface area contributed by atoms with Gasteiger partial charge in [-0.3, -0.25) is 4.79 Å². The van der Waals surface area contributed by atoms with Crippen molar-refractivity contribution in [2.24, 2.45) is 0 Å². The van der Waals surface area contributed by atoms with Gasteiger partial charge in [0.05, 0.1) is 11.2 Å². The first-order valence-electron chi connectivity index (χ1n) is 5.85. The van der Waals surface area contributed by atoms with Crippen LogP contribution in [0.15, 0.2) is 22.7 Å². The second kappa shape index (κ2) is 5.36. The maximum atomic E-state index is 13.6. The van der Waals surface area contributed by atoms with E-state index in [1.165, 1.54) is 6.07 Å². The van der Waals surface area contributed by atoms with Crippen LogP contribution in [-0.4, -0.2) is 25.2 Å². The topological polar surface area (TPSA) is 38.3 Å². The predicted octanol–water partition coefficient (Wildman–Crippen LogP) is 2.89. The van der Waals surface area contributed by atoms with Crippen LogP contribution in [0.4, 0.5) is 4.39 Å². The van der Waals surface area contributed by atoms with Crippen molar-refractivity contribution in [2.45, 2.75) is 24.9 Å². The fourth-order valence-electron chi connectivity index (χ4n) is 2.07. The molecule has 2 rings (SSSR count). The minimum absolute atomic E-state index is 0.0445. The van der Waals surface area contributed by atoms with Crippen molar-refractivity contribution in [3.63, 3.8) is 0 Å². The van der Waals surface area contributed by atoms with E-state index < -0.39 is 11.7 Å². The highest BCUT2D eigenvalue weighted by atomic mass is 79.9. The zero-order valence-corrected chi connectivity index (χ0v) is 11.7. The van der Waals surface area contributed by atoms with E-state index in [0.29, 0.717) is 11.0 Å². The summed E-state index contributed by atoms with van der Waals surface area (Å²) in [5, 5.41) is 2.74. The molecule has 3 nitrogen and oxygen atoms in total. The average molecular weight is 316 g/mol. The molecule has 0 aromatic heterocycles. The molecule has 1 aromatic rings. The van der Waals surface area contributed by atoms with Crippen molar-refractivity contribution in [1.82, 2.24) is 5.32 Å². The zero-order chi connectivity index (χ0) is 13.2. The van der Waals surface area contributed by atoms with Gasteiger partial charge in [0.25, 0.3) is 5.91 Å². The lowest BCUT2D eigenvalue weighted by Gasteiger charge is -2.40. The third-order valence-corrected chi connectivity index (χ3v) is 4.12. The molecule has 0 unspecified atom stereocenters. The van der Waals surface area contributed by atoms with E-state index in [1.807, 2.05) is 0 Å². The number of hydrogen-bond acceptors (Lipinski definition) is 2. The standard InChI is InChI=1S/C13H15BrFNO2/c1-18-13(6-3-7-13)8-16-12(17)11-9(14)4-2-5-10(11)15/h2,4-5H,3,6-8H2,1H3,(H,16,17). The molecule has 1 aliphatic carbocycles. The quantitative estimate of drug-likeness (QED) is 0.927. The first-order chi connectivity index (χ1) is 8.58. The molecular weight excluding hydrogens is 301 g/mol. The molecule has 18 heavy (non-hydrogen) atoms. The Morgan fingerprint density at radius 1 is 1.56 bits per heavy atom. The summed E-state index contributed by atoms with van der Waals surface area (Å²) in [4.78, 5) is 12.0. The minimum atomic E-state index is -0.526. The van der Waals surface area contributed by atoms with Crippen LogP contribution in [0.25, 0.3) is 0 Å². The van der Waals surface area contributed by atoms with Crippen LogP contribution in [0, 0.1) is 5.82 Å². The van der Waals surface area contributed by atoms with E-state index in [-0.39, 0.29) is 11.2 Å². The van der Waals surface area contributed by atoms with Crippen molar-refractivity contribution in [3.8, 4) is 0 Å². The van der Waals surface area contributed by atoms with Gasteiger partial charge < -0.3 is 10.1 Å². The molecule has 0 aliphatic heterocycles. The molecule has 98 valence electrons. The van der Waals surface area contributed by atoms with Gasteiger partial charge in [0.15, 0.2) is 0 Å². The third kappa shape index (κ3) is 2.57. The third-order valence-electron chi connectivity index (χ3n) is 3.46. The van der Waals surface area contributed by atoms with Crippen LogP contribution in [-0.2, 0) is 4.74 Å². The van der Waals surface area contributed by atoms with Crippen molar-refractivity contribution in [3.05, 3.63) is 34.1 Å². The SMILES string of the molecule is COC1(CNC(=O)c2c(F)cccc2Br)CCC1. The number of ether oxygens (including phenoxy) is 1. The molecule has 0 atom stereocenters. The predicted molar refractivity (Wildman–Crippen MR) is 70.0 cm³/mol. The lowest BCUT2D eigenvalue weighted by Crippen LogP contribution is -2.49.